The second kappa shape index (κ2) is 9.26. The molecular formula is C23H23FN4O4S. The molecule has 0 saturated carbocycles. The molecule has 1 aromatic carbocycles. The Morgan fingerprint density at radius 1 is 1.30 bits per heavy atom. The first-order valence-electron chi connectivity index (χ1n) is 10.3. The van der Waals surface area contributed by atoms with Crippen molar-refractivity contribution in [2.24, 2.45) is 5.73 Å². The van der Waals surface area contributed by atoms with Gasteiger partial charge in [0.2, 0.25) is 0 Å². The van der Waals surface area contributed by atoms with E-state index in [-0.39, 0.29) is 30.3 Å². The van der Waals surface area contributed by atoms with E-state index in [4.69, 9.17) is 5.73 Å². The quantitative estimate of drug-likeness (QED) is 0.420. The summed E-state index contributed by atoms with van der Waals surface area (Å²) in [6.07, 6.45) is -0.770. The fourth-order valence-electron chi connectivity index (χ4n) is 3.55. The van der Waals surface area contributed by atoms with Crippen LogP contribution in [0.4, 0.5) is 15.2 Å². The Bertz CT molecular complexity index is 1210. The number of β-amino-alcohol motifs (C(OH)–C–C–N with tert-alkyl or cyclic N) is 1. The molecule has 4 rings (SSSR count). The Balaban J connectivity index is 1.60. The summed E-state index contributed by atoms with van der Waals surface area (Å²) in [5.74, 6) is -1.14. The second-order valence-electron chi connectivity index (χ2n) is 7.98. The SMILES string of the molecule is CC(O)Cc1ccc(-c2cc(C(N)=O)c(Nc3cccc(C(=O)N4CC(O)C4)n3)s2)c(F)c1. The van der Waals surface area contributed by atoms with Crippen molar-refractivity contribution >= 4 is 34.0 Å². The van der Waals surface area contributed by atoms with Crippen LogP contribution in [0.15, 0.2) is 42.5 Å². The van der Waals surface area contributed by atoms with Crippen molar-refractivity contribution in [1.29, 1.82) is 0 Å². The number of likely N-dealkylation sites (tertiary alicyclic amines) is 1. The molecule has 33 heavy (non-hydrogen) atoms. The fraction of sp³-hybridized carbons (Fsp3) is 0.261. The van der Waals surface area contributed by atoms with Crippen molar-refractivity contribution in [2.45, 2.75) is 25.6 Å². The Morgan fingerprint density at radius 2 is 2.06 bits per heavy atom. The number of carbonyl (C=O) groups is 2. The number of halogens is 1. The number of hydrogen-bond acceptors (Lipinski definition) is 7. The van der Waals surface area contributed by atoms with Crippen LogP contribution in [-0.4, -0.2) is 57.2 Å². The number of aromatic nitrogens is 1. The molecule has 1 unspecified atom stereocenters. The normalized spacial score (nSPS) is 14.6. The molecule has 1 fully saturated rings. The lowest BCUT2D eigenvalue weighted by Gasteiger charge is -2.35. The van der Waals surface area contributed by atoms with Gasteiger partial charge in [-0.25, -0.2) is 9.37 Å². The van der Waals surface area contributed by atoms with E-state index in [9.17, 15) is 24.2 Å². The number of aliphatic hydroxyl groups is 2. The van der Waals surface area contributed by atoms with Gasteiger partial charge in [0.1, 0.15) is 22.3 Å². The van der Waals surface area contributed by atoms with Crippen LogP contribution in [0.2, 0.25) is 0 Å². The van der Waals surface area contributed by atoms with Crippen LogP contribution in [0.25, 0.3) is 10.4 Å². The third-order valence-electron chi connectivity index (χ3n) is 5.19. The van der Waals surface area contributed by atoms with Gasteiger partial charge in [-0.05, 0) is 43.2 Å². The van der Waals surface area contributed by atoms with Crippen molar-refractivity contribution < 1.29 is 24.2 Å². The summed E-state index contributed by atoms with van der Waals surface area (Å²) in [6.45, 7) is 2.16. The molecule has 1 aliphatic heterocycles. The monoisotopic (exact) mass is 470 g/mol. The number of thiophene rings is 1. The Labute approximate surface area is 193 Å². The van der Waals surface area contributed by atoms with E-state index in [1.165, 1.54) is 17.0 Å². The van der Waals surface area contributed by atoms with Crippen LogP contribution in [0.3, 0.4) is 0 Å². The first-order valence-corrected chi connectivity index (χ1v) is 11.1. The van der Waals surface area contributed by atoms with Crippen LogP contribution in [0.1, 0.15) is 33.3 Å². The maximum Gasteiger partial charge on any atom is 0.272 e. The molecule has 0 radical (unpaired) electrons. The van der Waals surface area contributed by atoms with Gasteiger partial charge in [-0.15, -0.1) is 11.3 Å². The molecular weight excluding hydrogens is 447 g/mol. The van der Waals surface area contributed by atoms with Gasteiger partial charge in [-0.3, -0.25) is 9.59 Å². The number of carbonyl (C=O) groups excluding carboxylic acids is 2. The van der Waals surface area contributed by atoms with Crippen molar-refractivity contribution in [2.75, 3.05) is 18.4 Å². The summed E-state index contributed by atoms with van der Waals surface area (Å²) >= 11 is 1.14. The zero-order valence-corrected chi connectivity index (χ0v) is 18.6. The lowest BCUT2D eigenvalue weighted by molar-refractivity contribution is 0.00552. The predicted molar refractivity (Wildman–Crippen MR) is 123 cm³/mol. The zero-order valence-electron chi connectivity index (χ0n) is 17.8. The lowest BCUT2D eigenvalue weighted by Crippen LogP contribution is -2.53. The van der Waals surface area contributed by atoms with Crippen LogP contribution in [0, 0.1) is 5.82 Å². The number of benzene rings is 1. The summed E-state index contributed by atoms with van der Waals surface area (Å²) in [7, 11) is 0. The van der Waals surface area contributed by atoms with Gasteiger partial charge in [-0.2, -0.15) is 0 Å². The molecule has 5 N–H and O–H groups in total. The zero-order chi connectivity index (χ0) is 23.7. The number of rotatable bonds is 7. The number of aliphatic hydroxyl groups excluding tert-OH is 2. The molecule has 3 aromatic rings. The average Bonchev–Trinajstić information content (AvgIpc) is 3.14. The Kier molecular flexibility index (Phi) is 6.41. The minimum absolute atomic E-state index is 0.173. The molecule has 0 spiro atoms. The molecule has 2 amide bonds. The molecule has 8 nitrogen and oxygen atoms in total. The molecule has 1 aliphatic rings. The molecule has 1 atom stereocenters. The Hall–Kier alpha value is -3.34. The van der Waals surface area contributed by atoms with Crippen molar-refractivity contribution in [1.82, 2.24) is 9.88 Å². The largest absolute Gasteiger partial charge is 0.393 e. The molecule has 1 saturated heterocycles. The molecule has 2 aromatic heterocycles. The highest BCUT2D eigenvalue weighted by Crippen LogP contribution is 2.38. The van der Waals surface area contributed by atoms with E-state index in [1.807, 2.05) is 0 Å². The lowest BCUT2D eigenvalue weighted by atomic mass is 10.0. The maximum atomic E-state index is 14.8. The summed E-state index contributed by atoms with van der Waals surface area (Å²) in [4.78, 5) is 30.8. The molecule has 10 heteroatoms. The molecule has 0 bridgehead atoms. The average molecular weight is 471 g/mol. The standard InChI is InChI=1S/C23H23FN4O4S/c1-12(29)7-13-5-6-15(17(24)8-13)19-9-16(21(25)31)22(33-19)27-20-4-2-3-18(26-20)23(32)28-10-14(30)11-28/h2-6,8-9,12,14,29-30H,7,10-11H2,1H3,(H2,25,31)(H,26,27). The first kappa shape index (κ1) is 22.8. The van der Waals surface area contributed by atoms with E-state index in [0.717, 1.165) is 11.3 Å². The minimum atomic E-state index is -0.687. The number of hydrogen-bond donors (Lipinski definition) is 4. The number of nitrogens with zero attached hydrogens (tertiary/aromatic N) is 2. The van der Waals surface area contributed by atoms with Gasteiger partial charge in [0, 0.05) is 23.5 Å². The number of amides is 2. The van der Waals surface area contributed by atoms with Gasteiger partial charge in [-0.1, -0.05) is 18.2 Å². The van der Waals surface area contributed by atoms with Gasteiger partial charge in [0.15, 0.2) is 0 Å². The van der Waals surface area contributed by atoms with E-state index in [1.54, 1.807) is 37.3 Å². The van der Waals surface area contributed by atoms with Crippen molar-refractivity contribution in [3.05, 3.63) is 65.1 Å². The predicted octanol–water partition coefficient (Wildman–Crippen LogP) is 2.53. The van der Waals surface area contributed by atoms with Crippen LogP contribution in [0.5, 0.6) is 0 Å². The van der Waals surface area contributed by atoms with Crippen molar-refractivity contribution in [3.63, 3.8) is 0 Å². The number of nitrogens with one attached hydrogen (secondary N) is 1. The summed E-state index contributed by atoms with van der Waals surface area (Å²) in [5, 5.41) is 22.3. The van der Waals surface area contributed by atoms with Gasteiger partial charge in [0.05, 0.1) is 17.8 Å². The second-order valence-corrected chi connectivity index (χ2v) is 9.03. The first-order chi connectivity index (χ1) is 15.7. The van der Waals surface area contributed by atoms with Gasteiger partial charge >= 0.3 is 0 Å². The topological polar surface area (TPSA) is 129 Å². The minimum Gasteiger partial charge on any atom is -0.393 e. The smallest absolute Gasteiger partial charge is 0.272 e. The number of nitrogens with two attached hydrogens (primary N) is 1. The molecule has 172 valence electrons. The maximum absolute atomic E-state index is 14.8. The summed E-state index contributed by atoms with van der Waals surface area (Å²) < 4.78 is 14.8. The third kappa shape index (κ3) is 5.03. The summed E-state index contributed by atoms with van der Waals surface area (Å²) in [6, 6.07) is 11.1. The molecule has 3 heterocycles. The van der Waals surface area contributed by atoms with E-state index in [2.05, 4.69) is 10.3 Å². The number of anilines is 2. The van der Waals surface area contributed by atoms with E-state index >= 15 is 0 Å². The summed E-state index contributed by atoms with van der Waals surface area (Å²) in [5.41, 5.74) is 6.87. The Morgan fingerprint density at radius 3 is 2.70 bits per heavy atom. The molecule has 0 aliphatic carbocycles. The van der Waals surface area contributed by atoms with Crippen molar-refractivity contribution in [3.8, 4) is 10.4 Å². The highest BCUT2D eigenvalue weighted by molar-refractivity contribution is 7.19. The van der Waals surface area contributed by atoms with E-state index in [0.29, 0.717) is 33.2 Å². The van der Waals surface area contributed by atoms with Crippen LogP contribution in [-0.2, 0) is 6.42 Å². The number of primary amides is 1. The van der Waals surface area contributed by atoms with Gasteiger partial charge in [0.25, 0.3) is 11.8 Å². The third-order valence-corrected chi connectivity index (χ3v) is 6.27. The van der Waals surface area contributed by atoms with Crippen LogP contribution < -0.4 is 11.1 Å². The highest BCUT2D eigenvalue weighted by atomic mass is 32.1. The number of pyridine rings is 1. The van der Waals surface area contributed by atoms with E-state index < -0.39 is 23.9 Å². The fourth-order valence-corrected chi connectivity index (χ4v) is 4.65. The highest BCUT2D eigenvalue weighted by Gasteiger charge is 2.30. The van der Waals surface area contributed by atoms with Crippen LogP contribution >= 0.6 is 11.3 Å². The van der Waals surface area contributed by atoms with Gasteiger partial charge < -0.3 is 26.2 Å².